The summed E-state index contributed by atoms with van der Waals surface area (Å²) in [6, 6.07) is -1.29. The van der Waals surface area contributed by atoms with Crippen molar-refractivity contribution in [1.29, 1.82) is 0 Å². The van der Waals surface area contributed by atoms with E-state index in [9.17, 15) is 32.5 Å². The number of guanidine groups is 1. The molecule has 0 bridgehead atoms. The predicted molar refractivity (Wildman–Crippen MR) is 128 cm³/mol. The molecule has 2 atom stereocenters. The molecule has 0 aliphatic carbocycles. The molecular formula is C17H23N11O8S2. The average Bonchev–Trinajstić information content (AvgIpc) is 3.43. The molecule has 0 unspecified atom stereocenters. The molecule has 3 rings (SSSR count). The van der Waals surface area contributed by atoms with Crippen molar-refractivity contribution in [3.05, 3.63) is 16.9 Å². The van der Waals surface area contributed by atoms with Crippen LogP contribution in [0.25, 0.3) is 0 Å². The van der Waals surface area contributed by atoms with Gasteiger partial charge < -0.3 is 27.1 Å². The number of ketones is 1. The van der Waals surface area contributed by atoms with Gasteiger partial charge >= 0.3 is 16.3 Å². The van der Waals surface area contributed by atoms with Crippen LogP contribution in [0.15, 0.2) is 15.5 Å². The largest absolute Gasteiger partial charge is 0.478 e. The van der Waals surface area contributed by atoms with Gasteiger partial charge in [0.25, 0.3) is 0 Å². The first-order chi connectivity index (χ1) is 17.6. The van der Waals surface area contributed by atoms with Crippen molar-refractivity contribution in [2.75, 3.05) is 5.73 Å². The van der Waals surface area contributed by atoms with Crippen LogP contribution >= 0.6 is 11.3 Å². The van der Waals surface area contributed by atoms with Crippen LogP contribution in [0.1, 0.15) is 31.8 Å². The second-order valence-electron chi connectivity index (χ2n) is 8.33. The molecule has 0 aromatic carbocycles. The van der Waals surface area contributed by atoms with Crippen LogP contribution in [0.3, 0.4) is 0 Å². The van der Waals surface area contributed by atoms with E-state index in [0.29, 0.717) is 0 Å². The smallest absolute Gasteiger partial charge is 0.362 e. The third-order valence-corrected chi connectivity index (χ3v) is 6.73. The molecule has 1 aliphatic rings. The summed E-state index contributed by atoms with van der Waals surface area (Å²) in [5.41, 5.74) is 13.8. The number of carbonyl (C=O) groups excluding carboxylic acids is 2. The van der Waals surface area contributed by atoms with E-state index in [-0.39, 0.29) is 40.0 Å². The number of nitrogens with zero attached hydrogens (tertiary/aromatic N) is 8. The lowest BCUT2D eigenvalue weighted by molar-refractivity contribution is -0.161. The van der Waals surface area contributed by atoms with E-state index < -0.39 is 57.7 Å². The first kappa shape index (κ1) is 28.3. The topological polar surface area (TPSA) is 298 Å². The van der Waals surface area contributed by atoms with E-state index in [4.69, 9.17) is 22.0 Å². The molecule has 2 aromatic heterocycles. The SMILES string of the molecule is CC(C)(O/N=C(\C(=O)C[C@@H]1C(=O)N(S(=O)(=O)O)[C@@H]1Cn1nnc(CN=C(N)N)n1)c1csc(N)n1)C(=O)O. The number of carbonyl (C=O) groups is 3. The number of anilines is 1. The van der Waals surface area contributed by atoms with E-state index in [2.05, 4.69) is 30.5 Å². The van der Waals surface area contributed by atoms with Crippen molar-refractivity contribution in [1.82, 2.24) is 29.5 Å². The third kappa shape index (κ3) is 6.36. The van der Waals surface area contributed by atoms with Gasteiger partial charge in [-0.1, -0.05) is 5.16 Å². The van der Waals surface area contributed by atoms with Gasteiger partial charge in [0, 0.05) is 11.8 Å². The summed E-state index contributed by atoms with van der Waals surface area (Å²) in [4.78, 5) is 50.8. The third-order valence-electron chi connectivity index (χ3n) is 5.11. The van der Waals surface area contributed by atoms with Gasteiger partial charge in [-0.25, -0.2) is 19.1 Å². The number of Topliss-reactive ketones (excluding diaryl/α,β-unsaturated/α-hetero) is 1. The molecule has 1 amide bonds. The van der Waals surface area contributed by atoms with E-state index in [1.807, 2.05) is 0 Å². The number of tetrazole rings is 1. The van der Waals surface area contributed by atoms with Crippen molar-refractivity contribution in [3.63, 3.8) is 0 Å². The van der Waals surface area contributed by atoms with Gasteiger partial charge in [0.2, 0.25) is 11.5 Å². The van der Waals surface area contributed by atoms with E-state index >= 15 is 0 Å². The van der Waals surface area contributed by atoms with Crippen molar-refractivity contribution in [3.8, 4) is 0 Å². The number of oxime groups is 1. The van der Waals surface area contributed by atoms with Crippen molar-refractivity contribution in [2.24, 2.45) is 27.5 Å². The van der Waals surface area contributed by atoms with Crippen molar-refractivity contribution < 1.29 is 37.3 Å². The lowest BCUT2D eigenvalue weighted by Gasteiger charge is -2.43. The number of thiazole rings is 1. The minimum atomic E-state index is -5.00. The number of rotatable bonds is 12. The van der Waals surface area contributed by atoms with Gasteiger partial charge in [0.1, 0.15) is 12.2 Å². The summed E-state index contributed by atoms with van der Waals surface area (Å²) in [7, 11) is -5.00. The zero-order valence-electron chi connectivity index (χ0n) is 19.8. The Hall–Kier alpha value is -4.24. The number of hydrogen-bond donors (Lipinski definition) is 5. The number of carboxylic acids is 1. The van der Waals surface area contributed by atoms with Gasteiger partial charge in [-0.15, -0.1) is 21.5 Å². The van der Waals surface area contributed by atoms with Gasteiger partial charge in [-0.2, -0.15) is 13.2 Å². The number of nitrogens with two attached hydrogens (primary N) is 3. The van der Waals surface area contributed by atoms with Crippen LogP contribution < -0.4 is 17.2 Å². The van der Waals surface area contributed by atoms with Crippen LogP contribution in [0, 0.1) is 5.92 Å². The van der Waals surface area contributed by atoms with Crippen LogP contribution in [0.4, 0.5) is 5.13 Å². The highest BCUT2D eigenvalue weighted by atomic mass is 32.2. The Balaban J connectivity index is 1.87. The number of nitrogen functional groups attached to an aromatic ring is 1. The highest BCUT2D eigenvalue weighted by Gasteiger charge is 2.54. The van der Waals surface area contributed by atoms with E-state index in [0.717, 1.165) is 16.1 Å². The quantitative estimate of drug-likeness (QED) is 0.0569. The number of hydrogen-bond acceptors (Lipinski definition) is 14. The van der Waals surface area contributed by atoms with Gasteiger partial charge in [-0.05, 0) is 19.1 Å². The maximum Gasteiger partial charge on any atom is 0.362 e. The molecule has 38 heavy (non-hydrogen) atoms. The summed E-state index contributed by atoms with van der Waals surface area (Å²) in [6.07, 6.45) is -0.613. The van der Waals surface area contributed by atoms with Gasteiger partial charge in [0.15, 0.2) is 28.4 Å². The minimum absolute atomic E-state index is 0.0454. The predicted octanol–water partition coefficient (Wildman–Crippen LogP) is -2.64. The minimum Gasteiger partial charge on any atom is -0.478 e. The molecule has 19 nitrogen and oxygen atoms in total. The molecule has 206 valence electrons. The molecule has 2 aromatic rings. The second kappa shape index (κ2) is 10.6. The van der Waals surface area contributed by atoms with Gasteiger partial charge in [0.05, 0.1) is 18.5 Å². The van der Waals surface area contributed by atoms with Crippen LogP contribution in [-0.2, 0) is 42.6 Å². The molecule has 1 saturated heterocycles. The monoisotopic (exact) mass is 573 g/mol. The Morgan fingerprint density at radius 3 is 2.55 bits per heavy atom. The summed E-state index contributed by atoms with van der Waals surface area (Å²) in [5.74, 6) is -4.71. The van der Waals surface area contributed by atoms with E-state index in [1.165, 1.54) is 19.2 Å². The molecule has 1 aliphatic heterocycles. The first-order valence-corrected chi connectivity index (χ1v) is 12.7. The Morgan fingerprint density at radius 2 is 2.00 bits per heavy atom. The van der Waals surface area contributed by atoms with Crippen LogP contribution in [0.2, 0.25) is 0 Å². The fraction of sp³-hybridized carbons (Fsp3) is 0.471. The lowest BCUT2D eigenvalue weighted by Crippen LogP contribution is -2.64. The Morgan fingerprint density at radius 1 is 1.32 bits per heavy atom. The maximum absolute atomic E-state index is 13.2. The Labute approximate surface area is 218 Å². The second-order valence-corrected chi connectivity index (χ2v) is 10.5. The van der Waals surface area contributed by atoms with Crippen LogP contribution in [0.5, 0.6) is 0 Å². The number of β-lactam (4-membered cyclic amide) rings is 1. The summed E-state index contributed by atoms with van der Waals surface area (Å²) in [6.45, 7) is 1.88. The Kier molecular flexibility index (Phi) is 7.92. The fourth-order valence-corrected chi connectivity index (χ4v) is 4.63. The number of aromatic nitrogens is 5. The lowest BCUT2D eigenvalue weighted by atomic mass is 9.84. The zero-order chi connectivity index (χ0) is 28.4. The average molecular weight is 574 g/mol. The van der Waals surface area contributed by atoms with Crippen molar-refractivity contribution in [2.45, 2.75) is 45.0 Å². The molecule has 8 N–H and O–H groups in total. The number of amides is 1. The summed E-state index contributed by atoms with van der Waals surface area (Å²) < 4.78 is 33.4. The highest BCUT2D eigenvalue weighted by molar-refractivity contribution is 7.84. The first-order valence-electron chi connectivity index (χ1n) is 10.5. The molecule has 21 heteroatoms. The molecule has 0 saturated carbocycles. The normalized spacial score (nSPS) is 18.1. The molecule has 0 spiro atoms. The van der Waals surface area contributed by atoms with Crippen molar-refractivity contribution >= 4 is 56.1 Å². The standard InChI is InChI=1S/C17H23N11O8S2/c1-17(2,14(31)32)36-25-12(8-6-37-16(20)22-8)10(29)3-7-9(28(13(7)30)38(33,34)35)5-27-24-11(23-26-27)4-21-15(18)19/h6-7,9H,3-5H2,1-2H3,(H2,20,22)(H,31,32)(H4,18,19,21)(H,33,34,35)/b25-12-/t7-,9+/m0/s1. The number of carboxylic acid groups (broad SMARTS) is 1. The summed E-state index contributed by atoms with van der Waals surface area (Å²) >= 11 is 0.966. The molecular weight excluding hydrogens is 550 g/mol. The molecule has 3 heterocycles. The van der Waals surface area contributed by atoms with Crippen LogP contribution in [-0.4, -0.2) is 88.5 Å². The number of aliphatic carboxylic acids is 1. The summed E-state index contributed by atoms with van der Waals surface area (Å²) in [5, 5.41) is 25.8. The van der Waals surface area contributed by atoms with E-state index in [1.54, 1.807) is 0 Å². The highest BCUT2D eigenvalue weighted by Crippen LogP contribution is 2.33. The maximum atomic E-state index is 13.2. The number of aliphatic imine (C=N–C) groups is 1. The van der Waals surface area contributed by atoms with Gasteiger partial charge in [-0.3, -0.25) is 14.1 Å². The fourth-order valence-electron chi connectivity index (χ4n) is 3.16. The molecule has 1 fully saturated rings. The zero-order valence-corrected chi connectivity index (χ0v) is 21.5. The molecule has 0 radical (unpaired) electrons. The Bertz CT molecular complexity index is 1410.